The Balaban J connectivity index is 1.76. The van der Waals surface area contributed by atoms with Crippen molar-refractivity contribution in [2.45, 2.75) is 71.5 Å². The zero-order valence-electron chi connectivity index (χ0n) is 15.1. The van der Waals surface area contributed by atoms with Gasteiger partial charge in [-0.3, -0.25) is 4.79 Å². The third-order valence-electron chi connectivity index (χ3n) is 5.94. The lowest BCUT2D eigenvalue weighted by molar-refractivity contribution is -0.170. The van der Waals surface area contributed by atoms with E-state index in [0.717, 1.165) is 32.1 Å². The van der Waals surface area contributed by atoms with Crippen LogP contribution in [0.4, 0.5) is 0 Å². The van der Waals surface area contributed by atoms with Crippen LogP contribution in [0.5, 0.6) is 0 Å². The summed E-state index contributed by atoms with van der Waals surface area (Å²) < 4.78 is 11.8. The number of aryl methyl sites for hydroxylation is 1. The largest absolute Gasteiger partial charge is 0.465 e. The molecule has 2 aliphatic carbocycles. The van der Waals surface area contributed by atoms with E-state index in [1.165, 1.54) is 24.0 Å². The van der Waals surface area contributed by atoms with Gasteiger partial charge in [0.15, 0.2) is 0 Å². The van der Waals surface area contributed by atoms with Gasteiger partial charge in [0.05, 0.1) is 24.7 Å². The summed E-state index contributed by atoms with van der Waals surface area (Å²) in [7, 11) is 0. The third-order valence-corrected chi connectivity index (χ3v) is 5.94. The third kappa shape index (κ3) is 3.37. The van der Waals surface area contributed by atoms with Gasteiger partial charge in [-0.05, 0) is 57.4 Å². The van der Waals surface area contributed by atoms with E-state index in [1.807, 2.05) is 6.92 Å². The molecule has 0 radical (unpaired) electrons. The highest BCUT2D eigenvalue weighted by Gasteiger charge is 2.56. The lowest BCUT2D eigenvalue weighted by Crippen LogP contribution is -2.46. The number of ether oxygens (including phenoxy) is 2. The molecule has 0 bridgehead atoms. The molecule has 0 aliphatic heterocycles. The van der Waals surface area contributed by atoms with E-state index in [4.69, 9.17) is 9.47 Å². The standard InChI is InChI=1S/C21H30O3/c1-3-23-20(22)21(18-7-4-5-8-18)14-6-9-19(21)24-15-17-12-10-16(2)11-13-17/h10-13,18-19H,3-9,14-15H2,1-2H3. The first-order valence-corrected chi connectivity index (χ1v) is 9.51. The van der Waals surface area contributed by atoms with E-state index in [9.17, 15) is 4.79 Å². The smallest absolute Gasteiger partial charge is 0.314 e. The molecule has 132 valence electrons. The SMILES string of the molecule is CCOC(=O)C1(C2CCCC2)CCCC1OCc1ccc(C)cc1. The molecule has 2 aliphatic rings. The lowest BCUT2D eigenvalue weighted by Gasteiger charge is -2.38. The van der Waals surface area contributed by atoms with E-state index in [-0.39, 0.29) is 12.1 Å². The summed E-state index contributed by atoms with van der Waals surface area (Å²) in [4.78, 5) is 12.9. The molecule has 3 nitrogen and oxygen atoms in total. The van der Waals surface area contributed by atoms with Gasteiger partial charge < -0.3 is 9.47 Å². The average molecular weight is 330 g/mol. The second kappa shape index (κ2) is 7.69. The molecule has 0 amide bonds. The first kappa shape index (κ1) is 17.5. The van der Waals surface area contributed by atoms with Crippen LogP contribution in [0.3, 0.4) is 0 Å². The highest BCUT2D eigenvalue weighted by atomic mass is 16.5. The fourth-order valence-electron chi connectivity index (χ4n) is 4.69. The molecular weight excluding hydrogens is 300 g/mol. The number of carbonyl (C=O) groups is 1. The van der Waals surface area contributed by atoms with Gasteiger partial charge in [0, 0.05) is 0 Å². The van der Waals surface area contributed by atoms with Crippen LogP contribution in [0.2, 0.25) is 0 Å². The van der Waals surface area contributed by atoms with Crippen LogP contribution in [0.15, 0.2) is 24.3 Å². The van der Waals surface area contributed by atoms with Gasteiger partial charge in [-0.1, -0.05) is 42.7 Å². The molecular formula is C21H30O3. The number of carbonyl (C=O) groups excluding carboxylic acids is 1. The van der Waals surface area contributed by atoms with Crippen molar-refractivity contribution in [3.05, 3.63) is 35.4 Å². The Morgan fingerprint density at radius 3 is 2.50 bits per heavy atom. The average Bonchev–Trinajstić information content (AvgIpc) is 3.24. The first-order chi connectivity index (χ1) is 11.7. The summed E-state index contributed by atoms with van der Waals surface area (Å²) >= 11 is 0. The summed E-state index contributed by atoms with van der Waals surface area (Å²) in [5, 5.41) is 0. The predicted octanol–water partition coefficient (Wildman–Crippen LogP) is 4.80. The summed E-state index contributed by atoms with van der Waals surface area (Å²) in [6, 6.07) is 8.46. The Hall–Kier alpha value is -1.35. The number of esters is 1. The van der Waals surface area contributed by atoms with Gasteiger partial charge in [0.25, 0.3) is 0 Å². The van der Waals surface area contributed by atoms with Crippen LogP contribution in [0, 0.1) is 18.3 Å². The molecule has 2 unspecified atom stereocenters. The van der Waals surface area contributed by atoms with Crippen molar-refractivity contribution in [3.8, 4) is 0 Å². The Morgan fingerprint density at radius 2 is 1.83 bits per heavy atom. The quantitative estimate of drug-likeness (QED) is 0.703. The molecule has 2 fully saturated rings. The topological polar surface area (TPSA) is 35.5 Å². The Bertz CT molecular complexity index is 545. The van der Waals surface area contributed by atoms with E-state index >= 15 is 0 Å². The lowest BCUT2D eigenvalue weighted by atomic mass is 9.71. The normalized spacial score (nSPS) is 27.5. The molecule has 0 saturated heterocycles. The molecule has 24 heavy (non-hydrogen) atoms. The van der Waals surface area contributed by atoms with Gasteiger partial charge in [0.1, 0.15) is 0 Å². The summed E-state index contributed by atoms with van der Waals surface area (Å²) in [6.45, 7) is 5.03. The molecule has 1 aromatic carbocycles. The van der Waals surface area contributed by atoms with Crippen molar-refractivity contribution >= 4 is 5.97 Å². The predicted molar refractivity (Wildman–Crippen MR) is 94.6 cm³/mol. The molecule has 3 rings (SSSR count). The summed E-state index contributed by atoms with van der Waals surface area (Å²) in [5.41, 5.74) is 2.03. The van der Waals surface area contributed by atoms with Gasteiger partial charge in [0.2, 0.25) is 0 Å². The van der Waals surface area contributed by atoms with Crippen LogP contribution in [-0.2, 0) is 20.9 Å². The van der Waals surface area contributed by atoms with Gasteiger partial charge in [-0.2, -0.15) is 0 Å². The minimum atomic E-state index is -0.406. The van der Waals surface area contributed by atoms with Gasteiger partial charge >= 0.3 is 5.97 Å². The van der Waals surface area contributed by atoms with Gasteiger partial charge in [-0.25, -0.2) is 0 Å². The number of benzene rings is 1. The minimum Gasteiger partial charge on any atom is -0.465 e. The van der Waals surface area contributed by atoms with E-state index in [1.54, 1.807) is 0 Å². The van der Waals surface area contributed by atoms with Crippen molar-refractivity contribution in [2.24, 2.45) is 11.3 Å². The molecule has 0 N–H and O–H groups in total. The highest BCUT2D eigenvalue weighted by molar-refractivity contribution is 5.78. The molecule has 0 heterocycles. The number of hydrogen-bond donors (Lipinski definition) is 0. The Kier molecular flexibility index (Phi) is 5.60. The second-order valence-corrected chi connectivity index (χ2v) is 7.42. The van der Waals surface area contributed by atoms with E-state index in [2.05, 4.69) is 31.2 Å². The van der Waals surface area contributed by atoms with Crippen LogP contribution < -0.4 is 0 Å². The van der Waals surface area contributed by atoms with Crippen molar-refractivity contribution in [1.82, 2.24) is 0 Å². The Morgan fingerprint density at radius 1 is 1.12 bits per heavy atom. The van der Waals surface area contributed by atoms with E-state index < -0.39 is 5.41 Å². The van der Waals surface area contributed by atoms with Crippen molar-refractivity contribution in [2.75, 3.05) is 6.61 Å². The van der Waals surface area contributed by atoms with Crippen LogP contribution in [0.1, 0.15) is 63.0 Å². The maximum absolute atomic E-state index is 12.9. The summed E-state index contributed by atoms with van der Waals surface area (Å²) in [5.74, 6) is 0.422. The zero-order valence-corrected chi connectivity index (χ0v) is 15.1. The molecule has 2 saturated carbocycles. The maximum Gasteiger partial charge on any atom is 0.314 e. The molecule has 0 aromatic heterocycles. The minimum absolute atomic E-state index is 0.000882. The second-order valence-electron chi connectivity index (χ2n) is 7.42. The highest BCUT2D eigenvalue weighted by Crippen LogP contribution is 2.52. The van der Waals surface area contributed by atoms with Crippen LogP contribution >= 0.6 is 0 Å². The molecule has 2 atom stereocenters. The summed E-state index contributed by atoms with van der Waals surface area (Å²) in [6.07, 6.45) is 7.71. The first-order valence-electron chi connectivity index (χ1n) is 9.51. The monoisotopic (exact) mass is 330 g/mol. The number of hydrogen-bond acceptors (Lipinski definition) is 3. The number of rotatable bonds is 6. The fourth-order valence-corrected chi connectivity index (χ4v) is 4.69. The van der Waals surface area contributed by atoms with Gasteiger partial charge in [-0.15, -0.1) is 0 Å². The van der Waals surface area contributed by atoms with Crippen molar-refractivity contribution < 1.29 is 14.3 Å². The van der Waals surface area contributed by atoms with Crippen LogP contribution in [0.25, 0.3) is 0 Å². The van der Waals surface area contributed by atoms with Crippen molar-refractivity contribution in [1.29, 1.82) is 0 Å². The Labute approximate surface area is 145 Å². The molecule has 0 spiro atoms. The molecule has 3 heteroatoms. The van der Waals surface area contributed by atoms with Crippen molar-refractivity contribution in [3.63, 3.8) is 0 Å². The molecule has 1 aromatic rings. The zero-order chi connectivity index (χ0) is 17.0. The fraction of sp³-hybridized carbons (Fsp3) is 0.667. The van der Waals surface area contributed by atoms with Crippen LogP contribution in [-0.4, -0.2) is 18.7 Å². The maximum atomic E-state index is 12.9. The van der Waals surface area contributed by atoms with E-state index in [0.29, 0.717) is 19.1 Å².